The summed E-state index contributed by atoms with van der Waals surface area (Å²) in [6.45, 7) is 1.05. The van der Waals surface area contributed by atoms with Gasteiger partial charge in [0.2, 0.25) is 5.91 Å². The van der Waals surface area contributed by atoms with Gasteiger partial charge in [-0.2, -0.15) is 0 Å². The van der Waals surface area contributed by atoms with Crippen molar-refractivity contribution in [1.82, 2.24) is 10.2 Å². The zero-order chi connectivity index (χ0) is 17.7. The van der Waals surface area contributed by atoms with E-state index in [2.05, 4.69) is 40.5 Å². The van der Waals surface area contributed by atoms with Crippen LogP contribution in [0.2, 0.25) is 0 Å². The summed E-state index contributed by atoms with van der Waals surface area (Å²) in [6.07, 6.45) is 8.38. The van der Waals surface area contributed by atoms with Crippen molar-refractivity contribution < 1.29 is 4.79 Å². The Kier molecular flexibility index (Phi) is 4.29. The van der Waals surface area contributed by atoms with Crippen molar-refractivity contribution in [2.75, 3.05) is 0 Å². The summed E-state index contributed by atoms with van der Waals surface area (Å²) >= 11 is 0. The Bertz CT molecular complexity index is 647. The van der Waals surface area contributed by atoms with Gasteiger partial charge in [0, 0.05) is 30.7 Å². The number of nitrogens with zero attached hydrogens (tertiary/aromatic N) is 1. The number of benzene rings is 1. The van der Waals surface area contributed by atoms with Gasteiger partial charge in [-0.25, -0.2) is 0 Å². The lowest BCUT2D eigenvalue weighted by Crippen LogP contribution is -2.53. The normalized spacial score (nSPS) is 41.5. The van der Waals surface area contributed by atoms with E-state index in [9.17, 15) is 4.79 Å². The first-order chi connectivity index (χ1) is 12.7. The molecule has 2 heterocycles. The maximum Gasteiger partial charge on any atom is 0.225 e. The molecular formula is C22H31N3O. The average molecular weight is 354 g/mol. The zero-order valence-electron chi connectivity index (χ0n) is 15.5. The third-order valence-corrected chi connectivity index (χ3v) is 7.72. The highest BCUT2D eigenvalue weighted by Crippen LogP contribution is 2.48. The highest BCUT2D eigenvalue weighted by molar-refractivity contribution is 5.80. The standard InChI is InChI=1S/C22H31N3O/c23-21-16-7-6-15(10-16)20(21)22(26)24-17-11-18-8-9-19(12-17)25(18)13-14-4-2-1-3-5-14/h1-5,15-21H,6-13,23H2,(H,24,26). The van der Waals surface area contributed by atoms with E-state index in [-0.39, 0.29) is 17.9 Å². The minimum atomic E-state index is 0.0775. The second-order valence-electron chi connectivity index (χ2n) is 9.16. The summed E-state index contributed by atoms with van der Waals surface area (Å²) in [5.41, 5.74) is 7.78. The van der Waals surface area contributed by atoms with Crippen LogP contribution >= 0.6 is 0 Å². The monoisotopic (exact) mass is 353 g/mol. The van der Waals surface area contributed by atoms with Crippen LogP contribution in [0.1, 0.15) is 50.5 Å². The largest absolute Gasteiger partial charge is 0.353 e. The number of hydrogen-bond acceptors (Lipinski definition) is 3. The smallest absolute Gasteiger partial charge is 0.225 e. The van der Waals surface area contributed by atoms with Crippen molar-refractivity contribution in [3.8, 4) is 0 Å². The van der Waals surface area contributed by atoms with Crippen molar-refractivity contribution in [1.29, 1.82) is 0 Å². The van der Waals surface area contributed by atoms with Gasteiger partial charge >= 0.3 is 0 Å². The molecule has 5 rings (SSSR count). The molecule has 2 aliphatic carbocycles. The van der Waals surface area contributed by atoms with E-state index in [1.807, 2.05) is 0 Å². The van der Waals surface area contributed by atoms with Gasteiger partial charge in [0.25, 0.3) is 0 Å². The topological polar surface area (TPSA) is 58.4 Å². The molecule has 4 heteroatoms. The minimum absolute atomic E-state index is 0.0775. The van der Waals surface area contributed by atoms with E-state index in [1.165, 1.54) is 37.7 Å². The molecule has 2 aliphatic heterocycles. The number of amides is 1. The molecule has 2 saturated carbocycles. The lowest BCUT2D eigenvalue weighted by molar-refractivity contribution is -0.128. The summed E-state index contributed by atoms with van der Waals surface area (Å²) in [6, 6.07) is 12.5. The molecule has 4 bridgehead atoms. The molecule has 1 aromatic rings. The van der Waals surface area contributed by atoms with Crippen LogP contribution < -0.4 is 11.1 Å². The van der Waals surface area contributed by atoms with E-state index in [1.54, 1.807) is 0 Å². The first-order valence-electron chi connectivity index (χ1n) is 10.5. The molecule has 0 radical (unpaired) electrons. The SMILES string of the molecule is NC1C2CCC(C2)C1C(=O)NC1CC2CCC(C1)N2Cc1ccccc1. The summed E-state index contributed by atoms with van der Waals surface area (Å²) in [4.78, 5) is 15.6. The molecule has 3 N–H and O–H groups in total. The van der Waals surface area contributed by atoms with E-state index >= 15 is 0 Å². The van der Waals surface area contributed by atoms with E-state index in [0.29, 0.717) is 30.0 Å². The Balaban J connectivity index is 1.20. The molecule has 140 valence electrons. The van der Waals surface area contributed by atoms with Gasteiger partial charge in [-0.1, -0.05) is 30.3 Å². The Morgan fingerprint density at radius 3 is 2.35 bits per heavy atom. The van der Waals surface area contributed by atoms with Crippen LogP contribution in [0.3, 0.4) is 0 Å². The van der Waals surface area contributed by atoms with Crippen LogP contribution in [-0.2, 0) is 11.3 Å². The molecule has 6 atom stereocenters. The van der Waals surface area contributed by atoms with Gasteiger partial charge in [-0.05, 0) is 62.3 Å². The van der Waals surface area contributed by atoms with Crippen molar-refractivity contribution in [2.45, 2.75) is 75.7 Å². The Morgan fingerprint density at radius 1 is 1.00 bits per heavy atom. The predicted molar refractivity (Wildman–Crippen MR) is 102 cm³/mol. The first kappa shape index (κ1) is 16.8. The molecule has 4 nitrogen and oxygen atoms in total. The predicted octanol–water partition coefficient (Wildman–Crippen LogP) is 2.67. The maximum absolute atomic E-state index is 12.9. The fourth-order valence-corrected chi connectivity index (χ4v) is 6.47. The van der Waals surface area contributed by atoms with Gasteiger partial charge in [-0.3, -0.25) is 9.69 Å². The Morgan fingerprint density at radius 2 is 1.69 bits per heavy atom. The fraction of sp³-hybridized carbons (Fsp3) is 0.682. The second kappa shape index (κ2) is 6.65. The summed E-state index contributed by atoms with van der Waals surface area (Å²) in [7, 11) is 0. The van der Waals surface area contributed by atoms with Gasteiger partial charge in [0.15, 0.2) is 0 Å². The molecule has 4 fully saturated rings. The van der Waals surface area contributed by atoms with Crippen LogP contribution in [0.15, 0.2) is 30.3 Å². The van der Waals surface area contributed by atoms with Gasteiger partial charge < -0.3 is 11.1 Å². The number of nitrogens with one attached hydrogen (secondary N) is 1. The minimum Gasteiger partial charge on any atom is -0.353 e. The third kappa shape index (κ3) is 2.87. The van der Waals surface area contributed by atoms with Crippen LogP contribution in [-0.4, -0.2) is 35.0 Å². The molecule has 0 aromatic heterocycles. The number of piperidine rings is 1. The van der Waals surface area contributed by atoms with Crippen molar-refractivity contribution in [3.05, 3.63) is 35.9 Å². The van der Waals surface area contributed by atoms with Crippen LogP contribution in [0, 0.1) is 17.8 Å². The summed E-state index contributed by atoms with van der Waals surface area (Å²) in [5.74, 6) is 1.48. The number of carbonyl (C=O) groups is 1. The van der Waals surface area contributed by atoms with E-state index < -0.39 is 0 Å². The van der Waals surface area contributed by atoms with Crippen molar-refractivity contribution in [3.63, 3.8) is 0 Å². The number of nitrogens with two attached hydrogens (primary N) is 1. The Labute approximate surface area is 156 Å². The molecule has 2 saturated heterocycles. The summed E-state index contributed by atoms with van der Waals surface area (Å²) in [5, 5.41) is 3.42. The zero-order valence-corrected chi connectivity index (χ0v) is 15.5. The molecule has 6 unspecified atom stereocenters. The molecule has 4 aliphatic rings. The molecule has 1 amide bonds. The number of fused-ring (bicyclic) bond motifs is 4. The number of hydrogen-bond donors (Lipinski definition) is 2. The maximum atomic E-state index is 12.9. The number of rotatable bonds is 4. The molecule has 0 spiro atoms. The Hall–Kier alpha value is -1.39. The van der Waals surface area contributed by atoms with Crippen LogP contribution in [0.4, 0.5) is 0 Å². The lowest BCUT2D eigenvalue weighted by Gasteiger charge is -2.40. The molecular weight excluding hydrogens is 322 g/mol. The van der Waals surface area contributed by atoms with Gasteiger partial charge in [0.1, 0.15) is 0 Å². The third-order valence-electron chi connectivity index (χ3n) is 7.72. The fourth-order valence-electron chi connectivity index (χ4n) is 6.47. The van der Waals surface area contributed by atoms with E-state index in [4.69, 9.17) is 5.73 Å². The average Bonchev–Trinajstić information content (AvgIpc) is 3.29. The quantitative estimate of drug-likeness (QED) is 0.875. The number of carbonyl (C=O) groups excluding carboxylic acids is 1. The van der Waals surface area contributed by atoms with Crippen LogP contribution in [0.25, 0.3) is 0 Å². The highest BCUT2D eigenvalue weighted by Gasteiger charge is 2.50. The molecule has 1 aromatic carbocycles. The first-order valence-corrected chi connectivity index (χ1v) is 10.5. The lowest BCUT2D eigenvalue weighted by atomic mass is 9.84. The van der Waals surface area contributed by atoms with Crippen molar-refractivity contribution >= 4 is 5.91 Å². The second-order valence-corrected chi connectivity index (χ2v) is 9.16. The summed E-state index contributed by atoms with van der Waals surface area (Å²) < 4.78 is 0. The van der Waals surface area contributed by atoms with Crippen LogP contribution in [0.5, 0.6) is 0 Å². The van der Waals surface area contributed by atoms with Crippen molar-refractivity contribution in [2.24, 2.45) is 23.5 Å². The molecule has 26 heavy (non-hydrogen) atoms. The highest BCUT2D eigenvalue weighted by atomic mass is 16.2. The van der Waals surface area contributed by atoms with E-state index in [0.717, 1.165) is 19.4 Å². The van der Waals surface area contributed by atoms with Gasteiger partial charge in [0.05, 0.1) is 5.92 Å². The van der Waals surface area contributed by atoms with Gasteiger partial charge in [-0.15, -0.1) is 0 Å².